The van der Waals surface area contributed by atoms with Crippen molar-refractivity contribution in [1.29, 1.82) is 0 Å². The summed E-state index contributed by atoms with van der Waals surface area (Å²) in [6.45, 7) is 2.05. The highest BCUT2D eigenvalue weighted by atomic mass is 127. The Bertz CT molecular complexity index is 858. The molecular formula is C21H33IN6O3. The molecule has 0 saturated heterocycles. The monoisotopic (exact) mass is 544 g/mol. The lowest BCUT2D eigenvalue weighted by atomic mass is 10.1. The molecule has 0 spiro atoms. The summed E-state index contributed by atoms with van der Waals surface area (Å²) in [4.78, 5) is 8.88. The Morgan fingerprint density at radius 3 is 2.74 bits per heavy atom. The SMILES string of the molecule is CN=C(NCCCc1ccc(OC)c(OC)c1)NC1CCc2nc(COC)nn2C1.I. The van der Waals surface area contributed by atoms with Gasteiger partial charge < -0.3 is 24.8 Å². The zero-order valence-corrected chi connectivity index (χ0v) is 21.0. The summed E-state index contributed by atoms with van der Waals surface area (Å²) in [5.74, 6) is 4.09. The molecule has 0 amide bonds. The van der Waals surface area contributed by atoms with Crippen LogP contribution in [0.1, 0.15) is 30.1 Å². The molecule has 1 atom stereocenters. The molecule has 1 aliphatic rings. The molecule has 0 bridgehead atoms. The molecule has 31 heavy (non-hydrogen) atoms. The molecule has 2 heterocycles. The van der Waals surface area contributed by atoms with Crippen LogP contribution in [-0.2, 0) is 30.7 Å². The van der Waals surface area contributed by atoms with E-state index < -0.39 is 0 Å². The number of ether oxygens (including phenoxy) is 3. The van der Waals surface area contributed by atoms with E-state index in [9.17, 15) is 0 Å². The number of aryl methyl sites for hydroxylation is 2. The molecular weight excluding hydrogens is 511 g/mol. The lowest BCUT2D eigenvalue weighted by Gasteiger charge is -2.25. The Hall–Kier alpha value is -2.08. The maximum absolute atomic E-state index is 5.38. The van der Waals surface area contributed by atoms with Gasteiger partial charge in [0.05, 0.1) is 20.8 Å². The van der Waals surface area contributed by atoms with Crippen molar-refractivity contribution in [3.05, 3.63) is 35.4 Å². The molecule has 1 unspecified atom stereocenters. The molecule has 10 heteroatoms. The van der Waals surface area contributed by atoms with Gasteiger partial charge in [0.15, 0.2) is 23.3 Å². The fourth-order valence-electron chi connectivity index (χ4n) is 3.59. The highest BCUT2D eigenvalue weighted by Gasteiger charge is 2.22. The lowest BCUT2D eigenvalue weighted by molar-refractivity contribution is 0.177. The number of rotatable bonds is 9. The van der Waals surface area contributed by atoms with Gasteiger partial charge in [-0.2, -0.15) is 5.10 Å². The van der Waals surface area contributed by atoms with E-state index in [1.165, 1.54) is 5.56 Å². The van der Waals surface area contributed by atoms with Crippen LogP contribution in [-0.4, -0.2) is 61.7 Å². The summed E-state index contributed by atoms with van der Waals surface area (Å²) in [5, 5.41) is 11.4. The van der Waals surface area contributed by atoms with Gasteiger partial charge in [-0.1, -0.05) is 6.07 Å². The number of guanidine groups is 1. The summed E-state index contributed by atoms with van der Waals surface area (Å²) >= 11 is 0. The van der Waals surface area contributed by atoms with Crippen LogP contribution in [0.5, 0.6) is 11.5 Å². The van der Waals surface area contributed by atoms with Crippen LogP contribution in [0.2, 0.25) is 0 Å². The molecule has 3 rings (SSSR count). The fraction of sp³-hybridized carbons (Fsp3) is 0.571. The van der Waals surface area contributed by atoms with Gasteiger partial charge in [0.25, 0.3) is 0 Å². The summed E-state index contributed by atoms with van der Waals surface area (Å²) < 4.78 is 17.8. The van der Waals surface area contributed by atoms with Crippen molar-refractivity contribution >= 4 is 29.9 Å². The smallest absolute Gasteiger partial charge is 0.191 e. The average molecular weight is 544 g/mol. The highest BCUT2D eigenvalue weighted by Crippen LogP contribution is 2.27. The Kier molecular flexibility index (Phi) is 10.3. The number of nitrogens with zero attached hydrogens (tertiary/aromatic N) is 4. The van der Waals surface area contributed by atoms with Crippen molar-refractivity contribution in [2.75, 3.05) is 34.9 Å². The van der Waals surface area contributed by atoms with E-state index in [1.54, 1.807) is 28.4 Å². The molecule has 2 aromatic rings. The molecule has 1 aliphatic heterocycles. The number of benzene rings is 1. The number of hydrogen-bond donors (Lipinski definition) is 2. The third-order valence-corrected chi connectivity index (χ3v) is 5.12. The second kappa shape index (κ2) is 12.7. The molecule has 2 N–H and O–H groups in total. The first-order valence-electron chi connectivity index (χ1n) is 10.3. The third-order valence-electron chi connectivity index (χ3n) is 5.12. The Morgan fingerprint density at radius 1 is 1.23 bits per heavy atom. The van der Waals surface area contributed by atoms with Gasteiger partial charge in [0, 0.05) is 33.2 Å². The van der Waals surface area contributed by atoms with Crippen molar-refractivity contribution in [2.24, 2.45) is 4.99 Å². The number of nitrogens with one attached hydrogen (secondary N) is 2. The van der Waals surface area contributed by atoms with Gasteiger partial charge >= 0.3 is 0 Å². The summed E-state index contributed by atoms with van der Waals surface area (Å²) in [6, 6.07) is 6.32. The Morgan fingerprint density at radius 2 is 2.03 bits per heavy atom. The van der Waals surface area contributed by atoms with Crippen molar-refractivity contribution < 1.29 is 14.2 Å². The predicted molar refractivity (Wildman–Crippen MR) is 131 cm³/mol. The maximum Gasteiger partial charge on any atom is 0.191 e. The van der Waals surface area contributed by atoms with E-state index >= 15 is 0 Å². The second-order valence-electron chi connectivity index (χ2n) is 7.23. The van der Waals surface area contributed by atoms with E-state index in [0.717, 1.165) is 67.9 Å². The largest absolute Gasteiger partial charge is 0.493 e. The van der Waals surface area contributed by atoms with E-state index in [2.05, 4.69) is 31.8 Å². The van der Waals surface area contributed by atoms with Gasteiger partial charge in [-0.15, -0.1) is 24.0 Å². The molecule has 1 aromatic heterocycles. The summed E-state index contributed by atoms with van der Waals surface area (Å²) in [5.41, 5.74) is 1.22. The molecule has 0 fully saturated rings. The summed E-state index contributed by atoms with van der Waals surface area (Å²) in [6.07, 6.45) is 3.81. The minimum absolute atomic E-state index is 0. The summed E-state index contributed by atoms with van der Waals surface area (Å²) in [7, 11) is 6.76. The van der Waals surface area contributed by atoms with Crippen molar-refractivity contribution in [3.8, 4) is 11.5 Å². The van der Waals surface area contributed by atoms with Crippen LogP contribution in [0.25, 0.3) is 0 Å². The molecule has 0 saturated carbocycles. The zero-order valence-electron chi connectivity index (χ0n) is 18.7. The topological polar surface area (TPSA) is 94.8 Å². The molecule has 0 radical (unpaired) electrons. The number of aromatic nitrogens is 3. The lowest BCUT2D eigenvalue weighted by Crippen LogP contribution is -2.47. The molecule has 172 valence electrons. The predicted octanol–water partition coefficient (Wildman–Crippen LogP) is 2.17. The minimum atomic E-state index is 0. The first kappa shape index (κ1) is 25.2. The fourth-order valence-corrected chi connectivity index (χ4v) is 3.59. The molecule has 0 aliphatic carbocycles. The van der Waals surface area contributed by atoms with Crippen molar-refractivity contribution in [1.82, 2.24) is 25.4 Å². The van der Waals surface area contributed by atoms with Crippen LogP contribution in [0.4, 0.5) is 0 Å². The van der Waals surface area contributed by atoms with Crippen LogP contribution in [0.3, 0.4) is 0 Å². The first-order valence-corrected chi connectivity index (χ1v) is 10.3. The van der Waals surface area contributed by atoms with Gasteiger partial charge in [-0.3, -0.25) is 4.99 Å². The molecule has 9 nitrogen and oxygen atoms in total. The number of methoxy groups -OCH3 is 3. The molecule has 1 aromatic carbocycles. The Balaban J connectivity index is 0.00000341. The van der Waals surface area contributed by atoms with E-state index in [1.807, 2.05) is 16.8 Å². The van der Waals surface area contributed by atoms with E-state index in [-0.39, 0.29) is 30.0 Å². The van der Waals surface area contributed by atoms with Crippen LogP contribution in [0, 0.1) is 0 Å². The quantitative estimate of drug-likeness (QED) is 0.216. The number of hydrogen-bond acceptors (Lipinski definition) is 6. The highest BCUT2D eigenvalue weighted by molar-refractivity contribution is 14.0. The van der Waals surface area contributed by atoms with Crippen LogP contribution < -0.4 is 20.1 Å². The Labute approximate surface area is 201 Å². The first-order chi connectivity index (χ1) is 14.7. The standard InChI is InChI=1S/C21H32N6O3.HI/c1-22-21(23-11-5-6-15-7-9-17(29-3)18(12-15)30-4)24-16-8-10-20-25-19(14-28-2)26-27(20)13-16;/h7,9,12,16H,5-6,8,10-11,13-14H2,1-4H3,(H2,22,23,24);1H. The van der Waals surface area contributed by atoms with E-state index in [4.69, 9.17) is 14.2 Å². The van der Waals surface area contributed by atoms with E-state index in [0.29, 0.717) is 6.61 Å². The van der Waals surface area contributed by atoms with Crippen molar-refractivity contribution in [2.45, 2.75) is 44.9 Å². The van der Waals surface area contributed by atoms with Gasteiger partial charge in [0.1, 0.15) is 12.4 Å². The van der Waals surface area contributed by atoms with Gasteiger partial charge in [-0.05, 0) is 37.0 Å². The maximum atomic E-state index is 5.38. The number of aliphatic imine (C=N–C) groups is 1. The number of fused-ring (bicyclic) bond motifs is 1. The average Bonchev–Trinajstić information content (AvgIpc) is 3.17. The minimum Gasteiger partial charge on any atom is -0.493 e. The van der Waals surface area contributed by atoms with Gasteiger partial charge in [0.2, 0.25) is 0 Å². The van der Waals surface area contributed by atoms with Crippen LogP contribution >= 0.6 is 24.0 Å². The number of halogens is 1. The van der Waals surface area contributed by atoms with Gasteiger partial charge in [-0.25, -0.2) is 9.67 Å². The third kappa shape index (κ3) is 6.96. The van der Waals surface area contributed by atoms with Crippen molar-refractivity contribution in [3.63, 3.8) is 0 Å². The zero-order chi connectivity index (χ0) is 21.3. The normalized spacial score (nSPS) is 15.6. The second-order valence-corrected chi connectivity index (χ2v) is 7.23. The van der Waals surface area contributed by atoms with Crippen LogP contribution in [0.15, 0.2) is 23.2 Å².